The van der Waals surface area contributed by atoms with Gasteiger partial charge in [0.05, 0.1) is 18.8 Å². The van der Waals surface area contributed by atoms with Gasteiger partial charge in [0, 0.05) is 24.4 Å². The maximum absolute atomic E-state index is 12.8. The van der Waals surface area contributed by atoms with E-state index in [9.17, 15) is 23.2 Å². The number of rotatable bonds is 7. The van der Waals surface area contributed by atoms with Gasteiger partial charge in [0.2, 0.25) is 5.91 Å². The van der Waals surface area contributed by atoms with Gasteiger partial charge in [-0.1, -0.05) is 30.3 Å². The molecule has 0 aromatic heterocycles. The summed E-state index contributed by atoms with van der Waals surface area (Å²) in [4.78, 5) is 12.8. The molecule has 38 heavy (non-hydrogen) atoms. The lowest BCUT2D eigenvalue weighted by Gasteiger charge is -2.23. The van der Waals surface area contributed by atoms with Crippen molar-refractivity contribution < 1.29 is 32.2 Å². The standard InChI is InChI=1S/C29H25F3N2O4/c30-29(31,32)38-24-7-4-18(5-8-24)25-16-26(25)28(35)34-22-3-1-2-19(15-22)20-6-9-27(21(14-20)17-33)37-23-10-12-36-13-11-23/h1-9,14-15,23,25-26H,10-13,16H2,(H,34,35)/t25-,26+/m1/s1. The molecule has 2 aliphatic rings. The third-order valence-corrected chi connectivity index (χ3v) is 6.69. The van der Waals surface area contributed by atoms with Crippen molar-refractivity contribution in [1.82, 2.24) is 0 Å². The van der Waals surface area contributed by atoms with Crippen LogP contribution in [0.5, 0.6) is 11.5 Å². The van der Waals surface area contributed by atoms with Crippen molar-refractivity contribution in [1.29, 1.82) is 5.26 Å². The van der Waals surface area contributed by atoms with Gasteiger partial charge >= 0.3 is 6.36 Å². The summed E-state index contributed by atoms with van der Waals surface area (Å²) in [7, 11) is 0. The van der Waals surface area contributed by atoms with Crippen LogP contribution in [0.2, 0.25) is 0 Å². The normalized spacial score (nSPS) is 19.3. The molecule has 1 aliphatic heterocycles. The highest BCUT2D eigenvalue weighted by Crippen LogP contribution is 2.48. The molecule has 196 valence electrons. The van der Waals surface area contributed by atoms with Gasteiger partial charge < -0.3 is 19.5 Å². The summed E-state index contributed by atoms with van der Waals surface area (Å²) in [5.41, 5.74) is 3.51. The molecule has 1 saturated carbocycles. The van der Waals surface area contributed by atoms with E-state index in [1.165, 1.54) is 12.1 Å². The SMILES string of the molecule is N#Cc1cc(-c2cccc(NC(=O)[C@H]3C[C@@H]3c3ccc(OC(F)(F)F)cc3)c2)ccc1OC1CCOCC1. The number of carbonyl (C=O) groups is 1. The van der Waals surface area contributed by atoms with Gasteiger partial charge in [0.1, 0.15) is 23.7 Å². The smallest absolute Gasteiger partial charge is 0.489 e. The number of hydrogen-bond acceptors (Lipinski definition) is 5. The van der Waals surface area contributed by atoms with Crippen molar-refractivity contribution in [2.75, 3.05) is 18.5 Å². The van der Waals surface area contributed by atoms with Gasteiger partial charge in [-0.3, -0.25) is 4.79 Å². The molecule has 3 aromatic rings. The van der Waals surface area contributed by atoms with Crippen molar-refractivity contribution in [3.63, 3.8) is 0 Å². The van der Waals surface area contributed by atoms with Crippen LogP contribution >= 0.6 is 0 Å². The van der Waals surface area contributed by atoms with E-state index in [0.717, 1.165) is 29.5 Å². The van der Waals surface area contributed by atoms with E-state index in [1.54, 1.807) is 30.3 Å². The van der Waals surface area contributed by atoms with Gasteiger partial charge in [0.15, 0.2) is 0 Å². The molecule has 6 nitrogen and oxygen atoms in total. The summed E-state index contributed by atoms with van der Waals surface area (Å²) >= 11 is 0. The number of hydrogen-bond donors (Lipinski definition) is 1. The number of carbonyl (C=O) groups excluding carboxylic acids is 1. The Hall–Kier alpha value is -4.03. The number of benzene rings is 3. The molecule has 1 amide bonds. The van der Waals surface area contributed by atoms with Crippen LogP contribution in [0.4, 0.5) is 18.9 Å². The molecule has 5 rings (SSSR count). The first kappa shape index (κ1) is 25.6. The van der Waals surface area contributed by atoms with Crippen LogP contribution in [0.15, 0.2) is 66.7 Å². The average molecular weight is 523 g/mol. The Bertz CT molecular complexity index is 1350. The molecule has 9 heteroatoms. The molecule has 0 bridgehead atoms. The highest BCUT2D eigenvalue weighted by atomic mass is 19.4. The van der Waals surface area contributed by atoms with Crippen LogP contribution in [0, 0.1) is 17.2 Å². The molecule has 0 unspecified atom stereocenters. The van der Waals surface area contributed by atoms with E-state index < -0.39 is 6.36 Å². The second-order valence-corrected chi connectivity index (χ2v) is 9.39. The summed E-state index contributed by atoms with van der Waals surface area (Å²) in [6, 6.07) is 20.7. The number of alkyl halides is 3. The Morgan fingerprint density at radius 1 is 1.00 bits per heavy atom. The van der Waals surface area contributed by atoms with E-state index >= 15 is 0 Å². The summed E-state index contributed by atoms with van der Waals surface area (Å²) in [5, 5.41) is 12.6. The zero-order valence-corrected chi connectivity index (χ0v) is 20.3. The lowest BCUT2D eigenvalue weighted by atomic mass is 10.0. The predicted octanol–water partition coefficient (Wildman–Crippen LogP) is 6.42. The molecule has 3 aromatic carbocycles. The highest BCUT2D eigenvalue weighted by molar-refractivity contribution is 5.95. The van der Waals surface area contributed by atoms with Crippen LogP contribution in [0.3, 0.4) is 0 Å². The maximum atomic E-state index is 12.8. The van der Waals surface area contributed by atoms with Crippen LogP contribution in [-0.2, 0) is 9.53 Å². The van der Waals surface area contributed by atoms with Crippen molar-refractivity contribution in [3.8, 4) is 28.7 Å². The zero-order chi connectivity index (χ0) is 26.7. The van der Waals surface area contributed by atoms with E-state index in [4.69, 9.17) is 9.47 Å². The number of amides is 1. The summed E-state index contributed by atoms with van der Waals surface area (Å²) < 4.78 is 52.4. The van der Waals surface area contributed by atoms with E-state index in [0.29, 0.717) is 36.6 Å². The number of nitrogens with zero attached hydrogens (tertiary/aromatic N) is 1. The zero-order valence-electron chi connectivity index (χ0n) is 20.3. The van der Waals surface area contributed by atoms with Crippen LogP contribution in [0.1, 0.15) is 36.3 Å². The van der Waals surface area contributed by atoms with Crippen molar-refractivity contribution in [2.24, 2.45) is 5.92 Å². The van der Waals surface area contributed by atoms with Gasteiger partial charge in [-0.15, -0.1) is 13.2 Å². The summed E-state index contributed by atoms with van der Waals surface area (Å²) in [6.45, 7) is 1.29. The lowest BCUT2D eigenvalue weighted by molar-refractivity contribution is -0.274. The Labute approximate surface area is 217 Å². The first-order valence-electron chi connectivity index (χ1n) is 12.3. The molecular weight excluding hydrogens is 497 g/mol. The molecule has 0 radical (unpaired) electrons. The lowest BCUT2D eigenvalue weighted by Crippen LogP contribution is -2.26. The molecule has 2 atom stereocenters. The van der Waals surface area contributed by atoms with Crippen LogP contribution in [-0.4, -0.2) is 31.6 Å². The van der Waals surface area contributed by atoms with Crippen LogP contribution in [0.25, 0.3) is 11.1 Å². The fourth-order valence-corrected chi connectivity index (χ4v) is 4.65. The molecule has 2 fully saturated rings. The quantitative estimate of drug-likeness (QED) is 0.387. The molecule has 0 spiro atoms. The van der Waals surface area contributed by atoms with Gasteiger partial charge in [-0.05, 0) is 65.4 Å². The predicted molar refractivity (Wildman–Crippen MR) is 134 cm³/mol. The second-order valence-electron chi connectivity index (χ2n) is 9.39. The number of nitriles is 1. The van der Waals surface area contributed by atoms with Gasteiger partial charge in [0.25, 0.3) is 0 Å². The highest BCUT2D eigenvalue weighted by Gasteiger charge is 2.44. The summed E-state index contributed by atoms with van der Waals surface area (Å²) in [5.74, 6) is -0.215. The Balaban J connectivity index is 1.22. The minimum absolute atomic E-state index is 0.0256. The Kier molecular flexibility index (Phi) is 7.25. The fraction of sp³-hybridized carbons (Fsp3) is 0.310. The molecule has 1 aliphatic carbocycles. The molecule has 1 heterocycles. The first-order chi connectivity index (χ1) is 18.3. The number of halogens is 3. The Morgan fingerprint density at radius 3 is 2.45 bits per heavy atom. The fourth-order valence-electron chi connectivity index (χ4n) is 4.65. The number of nitrogens with one attached hydrogen (secondary N) is 1. The molecule has 1 N–H and O–H groups in total. The van der Waals surface area contributed by atoms with Gasteiger partial charge in [-0.2, -0.15) is 5.26 Å². The largest absolute Gasteiger partial charge is 0.573 e. The van der Waals surface area contributed by atoms with Crippen molar-refractivity contribution in [2.45, 2.75) is 37.6 Å². The van der Waals surface area contributed by atoms with Crippen molar-refractivity contribution >= 4 is 11.6 Å². The van der Waals surface area contributed by atoms with E-state index in [2.05, 4.69) is 16.1 Å². The number of anilines is 1. The van der Waals surface area contributed by atoms with Gasteiger partial charge in [-0.25, -0.2) is 0 Å². The Morgan fingerprint density at radius 2 is 1.74 bits per heavy atom. The monoisotopic (exact) mass is 522 g/mol. The second kappa shape index (κ2) is 10.8. The summed E-state index contributed by atoms with van der Waals surface area (Å²) in [6.07, 6.45) is -2.53. The van der Waals surface area contributed by atoms with Crippen LogP contribution < -0.4 is 14.8 Å². The minimum atomic E-state index is -4.74. The topological polar surface area (TPSA) is 80.6 Å². The third kappa shape index (κ3) is 6.26. The van der Waals surface area contributed by atoms with Crippen molar-refractivity contribution in [3.05, 3.63) is 77.9 Å². The first-order valence-corrected chi connectivity index (χ1v) is 12.3. The minimum Gasteiger partial charge on any atom is -0.489 e. The maximum Gasteiger partial charge on any atom is 0.573 e. The van der Waals surface area contributed by atoms with E-state index in [1.807, 2.05) is 24.3 Å². The third-order valence-electron chi connectivity index (χ3n) is 6.69. The molecular formula is C29H25F3N2O4. The average Bonchev–Trinajstić information content (AvgIpc) is 3.71. The molecule has 1 saturated heterocycles. The van der Waals surface area contributed by atoms with E-state index in [-0.39, 0.29) is 29.6 Å². The number of ether oxygens (including phenoxy) is 3.